The fourth-order valence-electron chi connectivity index (χ4n) is 2.37. The highest BCUT2D eigenvalue weighted by Gasteiger charge is 2.16. The zero-order chi connectivity index (χ0) is 16.8. The van der Waals surface area contributed by atoms with Gasteiger partial charge in [0.05, 0.1) is 6.10 Å². The van der Waals surface area contributed by atoms with Gasteiger partial charge in [-0.25, -0.2) is 0 Å². The molecule has 2 nitrogen and oxygen atoms in total. The first-order chi connectivity index (χ1) is 11.0. The number of thioether (sulfide) groups is 1. The molecule has 124 valence electrons. The molecule has 0 spiro atoms. The Morgan fingerprint density at radius 1 is 1.30 bits per heavy atom. The number of hydrogen-bond acceptors (Lipinski definition) is 3. The van der Waals surface area contributed by atoms with Crippen molar-refractivity contribution < 1.29 is 9.47 Å². The summed E-state index contributed by atoms with van der Waals surface area (Å²) in [6, 6.07) is 6.22. The van der Waals surface area contributed by atoms with Crippen LogP contribution in [-0.4, -0.2) is 19.3 Å². The second-order valence-electron chi connectivity index (χ2n) is 5.90. The quantitative estimate of drug-likeness (QED) is 0.619. The van der Waals surface area contributed by atoms with Crippen molar-refractivity contribution >= 4 is 22.2 Å². The van der Waals surface area contributed by atoms with E-state index in [4.69, 9.17) is 9.47 Å². The molecule has 0 aliphatic carbocycles. The predicted octanol–water partition coefficient (Wildman–Crippen LogP) is 5.91. The molecule has 1 heterocycles. The van der Waals surface area contributed by atoms with Crippen LogP contribution in [0.2, 0.25) is 0 Å². The smallest absolute Gasteiger partial charge is 0.120 e. The van der Waals surface area contributed by atoms with Gasteiger partial charge in [-0.1, -0.05) is 36.6 Å². The Hall–Kier alpha value is -1.45. The average Bonchev–Trinajstić information content (AvgIpc) is 3.05. The Kier molecular flexibility index (Phi) is 6.55. The molecule has 0 saturated carbocycles. The van der Waals surface area contributed by atoms with Crippen LogP contribution in [0.3, 0.4) is 0 Å². The Bertz CT molecular complexity index is 610. The van der Waals surface area contributed by atoms with E-state index in [1.807, 2.05) is 19.9 Å². The first-order valence-electron chi connectivity index (χ1n) is 8.05. The lowest BCUT2D eigenvalue weighted by Crippen LogP contribution is -2.16. The van der Waals surface area contributed by atoms with E-state index in [9.17, 15) is 0 Å². The van der Waals surface area contributed by atoms with Gasteiger partial charge in [0.25, 0.3) is 0 Å². The second-order valence-corrected chi connectivity index (χ2v) is 7.24. The first kappa shape index (κ1) is 17.9. The number of allylic oxidation sites excluding steroid dienone is 3. The van der Waals surface area contributed by atoms with Gasteiger partial charge in [-0.05, 0) is 67.8 Å². The summed E-state index contributed by atoms with van der Waals surface area (Å²) in [5, 5.41) is 0. The molecule has 0 amide bonds. The molecular weight excluding hydrogens is 304 g/mol. The Morgan fingerprint density at radius 2 is 2.04 bits per heavy atom. The Labute approximate surface area is 144 Å². The van der Waals surface area contributed by atoms with E-state index in [-0.39, 0.29) is 6.10 Å². The molecule has 2 rings (SSSR count). The van der Waals surface area contributed by atoms with Crippen molar-refractivity contribution in [3.8, 4) is 5.75 Å². The molecule has 1 aliphatic rings. The molecule has 1 saturated heterocycles. The maximum absolute atomic E-state index is 5.97. The monoisotopic (exact) mass is 330 g/mol. The van der Waals surface area contributed by atoms with Gasteiger partial charge in [0.15, 0.2) is 0 Å². The fourth-order valence-corrected chi connectivity index (χ4v) is 3.11. The van der Waals surface area contributed by atoms with Crippen LogP contribution < -0.4 is 4.74 Å². The van der Waals surface area contributed by atoms with E-state index in [1.165, 1.54) is 4.91 Å². The van der Waals surface area contributed by atoms with Crippen LogP contribution in [-0.2, 0) is 4.74 Å². The standard InChI is InChI=1S/C20H26O2S/c1-6-15(4)23-16(5)18-10-17(14(2)3)11-20(12-18)22-13-19-8-7-9-21-19/h6,10-12,19H,2,5,7-9,13H2,1,3-4H3/b15-6-/t19-/m0/s1. The van der Waals surface area contributed by atoms with E-state index >= 15 is 0 Å². The first-order valence-corrected chi connectivity index (χ1v) is 8.86. The van der Waals surface area contributed by atoms with Crippen LogP contribution in [0.1, 0.15) is 44.7 Å². The molecular formula is C20H26O2S. The summed E-state index contributed by atoms with van der Waals surface area (Å²) in [6.45, 7) is 15.8. The van der Waals surface area contributed by atoms with E-state index in [0.717, 1.165) is 46.8 Å². The van der Waals surface area contributed by atoms with E-state index in [1.54, 1.807) is 11.8 Å². The Morgan fingerprint density at radius 3 is 2.65 bits per heavy atom. The van der Waals surface area contributed by atoms with Crippen LogP contribution in [0.15, 0.2) is 42.3 Å². The summed E-state index contributed by atoms with van der Waals surface area (Å²) in [5.41, 5.74) is 3.19. The minimum absolute atomic E-state index is 0.217. The van der Waals surface area contributed by atoms with E-state index < -0.39 is 0 Å². The third-order valence-corrected chi connectivity index (χ3v) is 4.91. The molecule has 23 heavy (non-hydrogen) atoms. The van der Waals surface area contributed by atoms with Gasteiger partial charge in [0, 0.05) is 11.5 Å². The Balaban J connectivity index is 2.16. The van der Waals surface area contributed by atoms with E-state index in [2.05, 4.69) is 38.3 Å². The summed E-state index contributed by atoms with van der Waals surface area (Å²) >= 11 is 1.68. The van der Waals surface area contributed by atoms with Gasteiger partial charge < -0.3 is 9.47 Å². The van der Waals surface area contributed by atoms with Crippen LogP contribution in [0.25, 0.3) is 10.5 Å². The third kappa shape index (κ3) is 5.29. The van der Waals surface area contributed by atoms with Crippen molar-refractivity contribution in [3.63, 3.8) is 0 Å². The molecule has 1 aromatic rings. The van der Waals surface area contributed by atoms with Crippen molar-refractivity contribution in [2.45, 2.75) is 39.7 Å². The third-order valence-electron chi connectivity index (χ3n) is 3.87. The minimum atomic E-state index is 0.217. The molecule has 1 aliphatic heterocycles. The highest BCUT2D eigenvalue weighted by molar-refractivity contribution is 8.11. The average molecular weight is 330 g/mol. The van der Waals surface area contributed by atoms with Crippen molar-refractivity contribution in [3.05, 3.63) is 53.5 Å². The number of ether oxygens (including phenoxy) is 2. The lowest BCUT2D eigenvalue weighted by molar-refractivity contribution is 0.0679. The minimum Gasteiger partial charge on any atom is -0.491 e. The van der Waals surface area contributed by atoms with Crippen LogP contribution in [0.4, 0.5) is 0 Å². The maximum Gasteiger partial charge on any atom is 0.120 e. The fraction of sp³-hybridized carbons (Fsp3) is 0.400. The van der Waals surface area contributed by atoms with Gasteiger partial charge in [-0.3, -0.25) is 0 Å². The molecule has 0 bridgehead atoms. The highest BCUT2D eigenvalue weighted by atomic mass is 32.2. The summed E-state index contributed by atoms with van der Waals surface area (Å²) in [7, 11) is 0. The van der Waals surface area contributed by atoms with Gasteiger partial charge in [0.1, 0.15) is 12.4 Å². The van der Waals surface area contributed by atoms with Gasteiger partial charge in [-0.2, -0.15) is 0 Å². The highest BCUT2D eigenvalue weighted by Crippen LogP contribution is 2.35. The largest absolute Gasteiger partial charge is 0.491 e. The van der Waals surface area contributed by atoms with Crippen LogP contribution in [0.5, 0.6) is 5.75 Å². The molecule has 0 N–H and O–H groups in total. The number of hydrogen-bond donors (Lipinski definition) is 0. The lowest BCUT2D eigenvalue weighted by atomic mass is 10.0. The molecule has 1 fully saturated rings. The molecule has 0 radical (unpaired) electrons. The van der Waals surface area contributed by atoms with Crippen molar-refractivity contribution in [2.24, 2.45) is 0 Å². The molecule has 3 heteroatoms. The summed E-state index contributed by atoms with van der Waals surface area (Å²) < 4.78 is 11.6. The van der Waals surface area contributed by atoms with Crippen LogP contribution in [0, 0.1) is 0 Å². The van der Waals surface area contributed by atoms with E-state index in [0.29, 0.717) is 6.61 Å². The van der Waals surface area contributed by atoms with Gasteiger partial charge >= 0.3 is 0 Å². The van der Waals surface area contributed by atoms with Crippen molar-refractivity contribution in [1.29, 1.82) is 0 Å². The molecule has 1 aromatic carbocycles. The maximum atomic E-state index is 5.97. The second kappa shape index (κ2) is 8.42. The summed E-state index contributed by atoms with van der Waals surface area (Å²) in [5.74, 6) is 0.857. The summed E-state index contributed by atoms with van der Waals surface area (Å²) in [4.78, 5) is 2.25. The zero-order valence-electron chi connectivity index (χ0n) is 14.4. The summed E-state index contributed by atoms with van der Waals surface area (Å²) in [6.07, 6.45) is 4.51. The number of rotatable bonds is 7. The SMILES string of the molecule is C=C(C)c1cc(OC[C@@H]2CCCO2)cc(C(=C)S/C(C)=C\C)c1. The van der Waals surface area contributed by atoms with Crippen molar-refractivity contribution in [2.75, 3.05) is 13.2 Å². The molecule has 1 atom stereocenters. The number of benzene rings is 1. The molecule has 0 aromatic heterocycles. The molecule has 0 unspecified atom stereocenters. The topological polar surface area (TPSA) is 18.5 Å². The zero-order valence-corrected chi connectivity index (χ0v) is 15.2. The van der Waals surface area contributed by atoms with Gasteiger partial charge in [0.2, 0.25) is 0 Å². The lowest BCUT2D eigenvalue weighted by Gasteiger charge is -2.15. The normalized spacial score (nSPS) is 18.0. The van der Waals surface area contributed by atoms with Gasteiger partial charge in [-0.15, -0.1) is 0 Å². The van der Waals surface area contributed by atoms with Crippen LogP contribution >= 0.6 is 11.8 Å². The van der Waals surface area contributed by atoms with Crippen molar-refractivity contribution in [1.82, 2.24) is 0 Å². The predicted molar refractivity (Wildman–Crippen MR) is 102 cm³/mol.